The standard InChI is InChI=1S/C16H28/c1-12(2)13(3)9-10-15-14(4)8-7-11-16(15,5)6/h9-10,12-13H,7-8,11H2,1-6H3/b10-9+. The molecular formula is C16H28. The van der Waals surface area contributed by atoms with Crippen molar-refractivity contribution >= 4 is 0 Å². The van der Waals surface area contributed by atoms with E-state index >= 15 is 0 Å². The highest BCUT2D eigenvalue weighted by Gasteiger charge is 2.26. The minimum absolute atomic E-state index is 0.384. The molecule has 1 aliphatic rings. The molecule has 1 unspecified atom stereocenters. The van der Waals surface area contributed by atoms with Gasteiger partial charge in [0.05, 0.1) is 0 Å². The number of rotatable bonds is 3. The molecule has 1 rings (SSSR count). The molecule has 0 heteroatoms. The third-order valence-electron chi connectivity index (χ3n) is 4.16. The molecular weight excluding hydrogens is 192 g/mol. The van der Waals surface area contributed by atoms with E-state index in [-0.39, 0.29) is 0 Å². The average molecular weight is 220 g/mol. The second kappa shape index (κ2) is 5.21. The minimum Gasteiger partial charge on any atom is -0.0811 e. The monoisotopic (exact) mass is 220 g/mol. The maximum absolute atomic E-state index is 2.40. The first-order chi connectivity index (χ1) is 7.34. The molecule has 0 radical (unpaired) electrons. The van der Waals surface area contributed by atoms with Gasteiger partial charge in [0.1, 0.15) is 0 Å². The van der Waals surface area contributed by atoms with Gasteiger partial charge < -0.3 is 0 Å². The molecule has 0 spiro atoms. The van der Waals surface area contributed by atoms with E-state index in [1.807, 2.05) is 0 Å². The summed E-state index contributed by atoms with van der Waals surface area (Å²) in [6.07, 6.45) is 8.78. The second-order valence-corrected chi connectivity index (χ2v) is 6.39. The van der Waals surface area contributed by atoms with Gasteiger partial charge in [-0.15, -0.1) is 0 Å². The average Bonchev–Trinajstić information content (AvgIpc) is 2.15. The molecule has 0 amide bonds. The molecule has 1 aliphatic carbocycles. The third kappa shape index (κ3) is 3.23. The maximum atomic E-state index is 2.40. The maximum Gasteiger partial charge on any atom is -0.0104 e. The van der Waals surface area contributed by atoms with E-state index in [0.29, 0.717) is 11.3 Å². The van der Waals surface area contributed by atoms with Gasteiger partial charge in [0.2, 0.25) is 0 Å². The van der Waals surface area contributed by atoms with E-state index in [4.69, 9.17) is 0 Å². The Labute approximate surface area is 102 Å². The van der Waals surface area contributed by atoms with Crippen molar-refractivity contribution in [2.75, 3.05) is 0 Å². The van der Waals surface area contributed by atoms with Crippen LogP contribution in [-0.2, 0) is 0 Å². The van der Waals surface area contributed by atoms with Crippen molar-refractivity contribution in [3.05, 3.63) is 23.3 Å². The fourth-order valence-corrected chi connectivity index (χ4v) is 2.48. The summed E-state index contributed by atoms with van der Waals surface area (Å²) in [7, 11) is 0. The number of hydrogen-bond donors (Lipinski definition) is 0. The van der Waals surface area contributed by atoms with Gasteiger partial charge in [0.25, 0.3) is 0 Å². The summed E-state index contributed by atoms with van der Waals surface area (Å²) >= 11 is 0. The summed E-state index contributed by atoms with van der Waals surface area (Å²) < 4.78 is 0. The molecule has 0 N–H and O–H groups in total. The molecule has 0 aromatic carbocycles. The van der Waals surface area contributed by atoms with Crippen LogP contribution in [-0.4, -0.2) is 0 Å². The summed E-state index contributed by atoms with van der Waals surface area (Å²) in [6.45, 7) is 14.0. The van der Waals surface area contributed by atoms with Gasteiger partial charge in [-0.1, -0.05) is 52.3 Å². The first-order valence-electron chi connectivity index (χ1n) is 6.73. The van der Waals surface area contributed by atoms with Crippen LogP contribution < -0.4 is 0 Å². The zero-order valence-corrected chi connectivity index (χ0v) is 11.9. The lowest BCUT2D eigenvalue weighted by Gasteiger charge is -2.33. The fraction of sp³-hybridized carbons (Fsp3) is 0.750. The number of allylic oxidation sites excluding steroid dienone is 4. The van der Waals surface area contributed by atoms with Crippen molar-refractivity contribution in [3.63, 3.8) is 0 Å². The Kier molecular flexibility index (Phi) is 4.41. The Morgan fingerprint density at radius 3 is 2.31 bits per heavy atom. The lowest BCUT2D eigenvalue weighted by atomic mass is 9.72. The van der Waals surface area contributed by atoms with Gasteiger partial charge in [0, 0.05) is 0 Å². The van der Waals surface area contributed by atoms with Crippen LogP contribution in [0.4, 0.5) is 0 Å². The first kappa shape index (κ1) is 13.5. The van der Waals surface area contributed by atoms with Gasteiger partial charge in [-0.3, -0.25) is 0 Å². The Hall–Kier alpha value is -0.520. The van der Waals surface area contributed by atoms with E-state index in [1.54, 1.807) is 11.1 Å². The predicted octanol–water partition coefficient (Wildman–Crippen LogP) is 5.36. The van der Waals surface area contributed by atoms with Crippen molar-refractivity contribution in [3.8, 4) is 0 Å². The molecule has 0 aromatic rings. The quantitative estimate of drug-likeness (QED) is 0.600. The molecule has 0 aliphatic heterocycles. The first-order valence-corrected chi connectivity index (χ1v) is 6.73. The van der Waals surface area contributed by atoms with E-state index in [1.165, 1.54) is 19.3 Å². The molecule has 92 valence electrons. The minimum atomic E-state index is 0.384. The topological polar surface area (TPSA) is 0 Å². The van der Waals surface area contributed by atoms with Crippen LogP contribution in [0.5, 0.6) is 0 Å². The highest BCUT2D eigenvalue weighted by atomic mass is 14.3. The van der Waals surface area contributed by atoms with Crippen molar-refractivity contribution < 1.29 is 0 Å². The molecule has 0 saturated carbocycles. The third-order valence-corrected chi connectivity index (χ3v) is 4.16. The van der Waals surface area contributed by atoms with Crippen LogP contribution in [0.1, 0.15) is 60.8 Å². The zero-order valence-electron chi connectivity index (χ0n) is 11.9. The van der Waals surface area contributed by atoms with Crippen LogP contribution in [0.15, 0.2) is 23.3 Å². The smallest absolute Gasteiger partial charge is 0.0104 e. The van der Waals surface area contributed by atoms with Crippen molar-refractivity contribution in [1.82, 2.24) is 0 Å². The highest BCUT2D eigenvalue weighted by Crippen LogP contribution is 2.40. The van der Waals surface area contributed by atoms with Gasteiger partial charge in [0.15, 0.2) is 0 Å². The van der Waals surface area contributed by atoms with E-state index < -0.39 is 0 Å². The van der Waals surface area contributed by atoms with E-state index in [0.717, 1.165) is 5.92 Å². The van der Waals surface area contributed by atoms with E-state index in [9.17, 15) is 0 Å². The van der Waals surface area contributed by atoms with E-state index in [2.05, 4.69) is 53.7 Å². The van der Waals surface area contributed by atoms with Gasteiger partial charge in [-0.2, -0.15) is 0 Å². The van der Waals surface area contributed by atoms with Crippen molar-refractivity contribution in [2.45, 2.75) is 60.8 Å². The number of hydrogen-bond acceptors (Lipinski definition) is 0. The van der Waals surface area contributed by atoms with Gasteiger partial charge >= 0.3 is 0 Å². The fourth-order valence-electron chi connectivity index (χ4n) is 2.48. The van der Waals surface area contributed by atoms with Crippen LogP contribution in [0.25, 0.3) is 0 Å². The Morgan fingerprint density at radius 2 is 1.81 bits per heavy atom. The van der Waals surface area contributed by atoms with Crippen LogP contribution >= 0.6 is 0 Å². The second-order valence-electron chi connectivity index (χ2n) is 6.39. The normalized spacial score (nSPS) is 23.2. The predicted molar refractivity (Wildman–Crippen MR) is 73.5 cm³/mol. The highest BCUT2D eigenvalue weighted by molar-refractivity contribution is 5.32. The molecule has 0 nitrogen and oxygen atoms in total. The summed E-state index contributed by atoms with van der Waals surface area (Å²) in [6, 6.07) is 0. The van der Waals surface area contributed by atoms with Crippen LogP contribution in [0.2, 0.25) is 0 Å². The SMILES string of the molecule is CC1=C(/C=C/C(C)C(C)C)C(C)(C)CCC1. The summed E-state index contributed by atoms with van der Waals surface area (Å²) in [4.78, 5) is 0. The zero-order chi connectivity index (χ0) is 12.3. The largest absolute Gasteiger partial charge is 0.0811 e. The van der Waals surface area contributed by atoms with Gasteiger partial charge in [-0.25, -0.2) is 0 Å². The van der Waals surface area contributed by atoms with Crippen LogP contribution in [0, 0.1) is 17.3 Å². The Bertz CT molecular complexity index is 289. The molecule has 1 atom stereocenters. The summed E-state index contributed by atoms with van der Waals surface area (Å²) in [5.74, 6) is 1.42. The summed E-state index contributed by atoms with van der Waals surface area (Å²) in [5, 5.41) is 0. The van der Waals surface area contributed by atoms with Crippen LogP contribution in [0.3, 0.4) is 0 Å². The molecule has 16 heavy (non-hydrogen) atoms. The summed E-state index contributed by atoms with van der Waals surface area (Å²) in [5.41, 5.74) is 3.57. The molecule has 0 bridgehead atoms. The lowest BCUT2D eigenvalue weighted by molar-refractivity contribution is 0.376. The van der Waals surface area contributed by atoms with Crippen molar-refractivity contribution in [1.29, 1.82) is 0 Å². The molecule has 0 saturated heterocycles. The molecule has 0 fully saturated rings. The van der Waals surface area contributed by atoms with Gasteiger partial charge in [-0.05, 0) is 49.0 Å². The lowest BCUT2D eigenvalue weighted by Crippen LogP contribution is -2.19. The van der Waals surface area contributed by atoms with Crippen molar-refractivity contribution in [2.24, 2.45) is 17.3 Å². The molecule has 0 heterocycles. The Morgan fingerprint density at radius 1 is 1.19 bits per heavy atom. The Balaban J connectivity index is 2.85. The molecule has 0 aromatic heterocycles.